The zero-order valence-electron chi connectivity index (χ0n) is 23.7. The molecule has 1 unspecified atom stereocenters. The molecule has 1 fully saturated rings. The van der Waals surface area contributed by atoms with E-state index in [4.69, 9.17) is 25.3 Å². The van der Waals surface area contributed by atoms with Gasteiger partial charge in [-0.25, -0.2) is 4.98 Å². The van der Waals surface area contributed by atoms with E-state index >= 15 is 0 Å². The van der Waals surface area contributed by atoms with E-state index in [1.807, 2.05) is 0 Å². The molecular weight excluding hydrogens is 362 g/mol. The van der Waals surface area contributed by atoms with E-state index in [9.17, 15) is 4.79 Å². The molecule has 28 heavy (non-hydrogen) atoms. The molecule has 1 atom stereocenters. The van der Waals surface area contributed by atoms with Crippen molar-refractivity contribution in [2.24, 2.45) is 0 Å². The van der Waals surface area contributed by atoms with Crippen LogP contribution in [0.15, 0.2) is 12.1 Å². The van der Waals surface area contributed by atoms with Gasteiger partial charge in [0.15, 0.2) is 15.7 Å². The highest BCUT2D eigenvalue weighted by Crippen LogP contribution is 2.33. The molecule has 1 saturated heterocycles. The lowest BCUT2D eigenvalue weighted by atomic mass is 10.2. The monoisotopic (exact) mass is 397 g/mol. The Morgan fingerprint density at radius 1 is 1.50 bits per heavy atom. The molecule has 0 radical (unpaired) electrons. The van der Waals surface area contributed by atoms with Crippen LogP contribution in [0, 0.1) is 0 Å². The molecule has 1 aliphatic heterocycles. The number of benzene rings is 1. The summed E-state index contributed by atoms with van der Waals surface area (Å²) in [5.41, 5.74) is -0.104. The average molecular weight is 398 g/mol. The van der Waals surface area contributed by atoms with Gasteiger partial charge in [0.2, 0.25) is 11.9 Å². The normalized spacial score (nSPS) is 20.6. The van der Waals surface area contributed by atoms with Crippen LogP contribution in [0.5, 0.6) is 11.5 Å². The predicted octanol–water partition coefficient (Wildman–Crippen LogP) is 1.35. The highest BCUT2D eigenvalue weighted by Gasteiger charge is 2.22. The molecule has 152 valence electrons. The summed E-state index contributed by atoms with van der Waals surface area (Å²) in [7, 11) is 2.54. The van der Waals surface area contributed by atoms with Crippen LogP contribution < -0.4 is 25.4 Å². The Bertz CT molecular complexity index is 1110. The average Bonchev–Trinajstić information content (AvgIpc) is 3.36. The second-order valence-corrected chi connectivity index (χ2v) is 6.11. The van der Waals surface area contributed by atoms with Crippen LogP contribution in [-0.2, 0) is 9.53 Å². The zero-order valence-corrected chi connectivity index (χ0v) is 15.7. The number of carbonyl (C=O) groups is 1. The highest BCUT2D eigenvalue weighted by molar-refractivity contribution is 5.91. The number of amides is 1. The number of rotatable bonds is 9. The summed E-state index contributed by atoms with van der Waals surface area (Å²) in [6, 6.07) is -0.665. The van der Waals surface area contributed by atoms with E-state index in [1.54, 1.807) is 0 Å². The van der Waals surface area contributed by atoms with Crippen molar-refractivity contribution in [2.75, 3.05) is 51.5 Å². The van der Waals surface area contributed by atoms with Crippen LogP contribution >= 0.6 is 0 Å². The molecule has 2 heterocycles. The topological polar surface area (TPSA) is 112 Å². The Labute approximate surface area is 175 Å². The molecule has 9 heteroatoms. The van der Waals surface area contributed by atoms with Gasteiger partial charge in [-0.2, -0.15) is 4.98 Å². The molecule has 3 rings (SSSR count). The number of nitrogens with zero attached hydrogens (tertiary/aromatic N) is 3. The molecule has 0 bridgehead atoms. The summed E-state index contributed by atoms with van der Waals surface area (Å²) in [6.07, 6.45) is 0.651. The number of nitrogen functional groups attached to an aromatic ring is 1. The van der Waals surface area contributed by atoms with Gasteiger partial charge >= 0.3 is 0 Å². The van der Waals surface area contributed by atoms with E-state index < -0.39 is 30.8 Å². The van der Waals surface area contributed by atoms with Crippen molar-refractivity contribution in [1.29, 1.82) is 0 Å². The standard InChI is InChI=1S/C19H27N5O4/c1-24(8-5-7-21-18(25)14-6-4-9-28-14)19-22-13-11-16(27-3)15(26-2)10-12(13)17(20)23-19/h10-11,14H,4-9H2,1-3H3,(H,21,25)(H2,20,22,23)/i1D3,10D,11D/hD3. The minimum atomic E-state index is -2.77. The lowest BCUT2D eigenvalue weighted by molar-refractivity contribution is -0.130. The Morgan fingerprint density at radius 2 is 2.32 bits per heavy atom. The van der Waals surface area contributed by atoms with Crippen LogP contribution in [0.3, 0.4) is 0 Å². The maximum atomic E-state index is 12.3. The SMILES string of the molecule is [2H]c1c(OC)c(OC)c([2H])c2c(N([2H])[2H])nc(N(CCCN([2H])C(=O)C3CCCO3)C([2H])([2H])[2H])nc12. The van der Waals surface area contributed by atoms with E-state index in [0.29, 0.717) is 13.0 Å². The highest BCUT2D eigenvalue weighted by atomic mass is 16.5. The number of nitrogens with one attached hydrogen (secondary N) is 1. The molecular formula is C19H27N5O4. The molecule has 1 aromatic heterocycles. The third-order valence-electron chi connectivity index (χ3n) is 4.22. The first-order valence-corrected chi connectivity index (χ1v) is 8.82. The molecule has 1 aliphatic rings. The molecule has 1 aromatic carbocycles. The first kappa shape index (κ1) is 11.9. The maximum Gasteiger partial charge on any atom is 0.249 e. The fourth-order valence-electron chi connectivity index (χ4n) is 2.78. The predicted molar refractivity (Wildman–Crippen MR) is 107 cm³/mol. The first-order chi connectivity index (χ1) is 16.9. The molecule has 0 spiro atoms. The van der Waals surface area contributed by atoms with Crippen molar-refractivity contribution in [2.45, 2.75) is 25.4 Å². The Hall–Kier alpha value is -2.81. The largest absolute Gasteiger partial charge is 0.493 e. The Kier molecular flexibility index (Phi) is 3.79. The molecule has 9 nitrogen and oxygen atoms in total. The third kappa shape index (κ3) is 4.36. The van der Waals surface area contributed by atoms with E-state index in [1.165, 1.54) is 14.2 Å². The molecule has 3 N–H and O–H groups in total. The van der Waals surface area contributed by atoms with Gasteiger partial charge in [-0.15, -0.1) is 0 Å². The lowest BCUT2D eigenvalue weighted by Gasteiger charge is -2.19. The van der Waals surface area contributed by atoms with Gasteiger partial charge < -0.3 is 30.1 Å². The van der Waals surface area contributed by atoms with Crippen molar-refractivity contribution in [3.63, 3.8) is 0 Å². The fraction of sp³-hybridized carbons (Fsp3) is 0.526. The van der Waals surface area contributed by atoms with E-state index in [-0.39, 0.29) is 59.7 Å². The van der Waals surface area contributed by atoms with Crippen LogP contribution in [-0.4, -0.2) is 62.9 Å². The zero-order chi connectivity index (χ0) is 26.8. The number of anilines is 2. The number of nitrogens with two attached hydrogens (primary N) is 1. The second-order valence-electron chi connectivity index (χ2n) is 6.11. The third-order valence-corrected chi connectivity index (χ3v) is 4.22. The van der Waals surface area contributed by atoms with Crippen LogP contribution in [0.2, 0.25) is 4.24 Å². The van der Waals surface area contributed by atoms with Crippen molar-refractivity contribution in [3.8, 4) is 11.5 Å². The molecule has 1 amide bonds. The molecule has 0 saturated carbocycles. The molecule has 0 aliphatic carbocycles. The second kappa shape index (κ2) is 8.92. The first-order valence-electron chi connectivity index (χ1n) is 12.7. The van der Waals surface area contributed by atoms with Gasteiger partial charge in [-0.3, -0.25) is 4.79 Å². The van der Waals surface area contributed by atoms with Crippen molar-refractivity contribution in [3.05, 3.63) is 12.1 Å². The Morgan fingerprint density at radius 3 is 3.00 bits per heavy atom. The van der Waals surface area contributed by atoms with E-state index in [2.05, 4.69) is 9.97 Å². The number of aromatic nitrogens is 2. The number of carbonyl (C=O) groups excluding carboxylic acids is 1. The number of ether oxygens (including phenoxy) is 3. The van der Waals surface area contributed by atoms with Gasteiger partial charge in [-0.1, -0.05) is 0 Å². The smallest absolute Gasteiger partial charge is 0.249 e. The van der Waals surface area contributed by atoms with Crippen molar-refractivity contribution < 1.29 is 30.1 Å². The number of methoxy groups -OCH3 is 2. The van der Waals surface area contributed by atoms with Gasteiger partial charge in [0.25, 0.3) is 0 Å². The van der Waals surface area contributed by atoms with Gasteiger partial charge in [0.05, 0.1) is 22.5 Å². The van der Waals surface area contributed by atoms with Crippen molar-refractivity contribution in [1.82, 2.24) is 15.3 Å². The van der Waals surface area contributed by atoms with Gasteiger partial charge in [0, 0.05) is 42.2 Å². The number of hydrogen-bond acceptors (Lipinski definition) is 8. The van der Waals surface area contributed by atoms with Crippen LogP contribution in [0.4, 0.5) is 11.8 Å². The minimum absolute atomic E-state index is 0.0614. The summed E-state index contributed by atoms with van der Waals surface area (Å²) < 4.78 is 79.9. The lowest BCUT2D eigenvalue weighted by Crippen LogP contribution is -2.36. The number of hydrogen-bond donors (Lipinski definition) is 2. The Balaban J connectivity index is 1.99. The quantitative estimate of drug-likeness (QED) is 0.652. The van der Waals surface area contributed by atoms with Crippen LogP contribution in [0.1, 0.15) is 26.1 Å². The molecule has 2 aromatic rings. The van der Waals surface area contributed by atoms with Crippen molar-refractivity contribution >= 4 is 28.6 Å². The summed E-state index contributed by atoms with van der Waals surface area (Å²) in [4.78, 5) is 21.4. The van der Waals surface area contributed by atoms with Crippen LogP contribution in [0.25, 0.3) is 10.9 Å². The van der Waals surface area contributed by atoms with Gasteiger partial charge in [-0.05, 0) is 25.3 Å². The maximum absolute atomic E-state index is 12.3. The van der Waals surface area contributed by atoms with E-state index in [0.717, 1.165) is 16.6 Å². The fourth-order valence-corrected chi connectivity index (χ4v) is 2.78. The summed E-state index contributed by atoms with van der Waals surface area (Å²) in [6.45, 7) is -2.61. The summed E-state index contributed by atoms with van der Waals surface area (Å²) in [5, 5.41) is 0.581. The minimum Gasteiger partial charge on any atom is -0.493 e. The van der Waals surface area contributed by atoms with Gasteiger partial charge in [0.1, 0.15) is 11.9 Å². The summed E-state index contributed by atoms with van der Waals surface area (Å²) >= 11 is 0. The summed E-state index contributed by atoms with van der Waals surface area (Å²) in [5.74, 6) is -1.58. The number of fused-ring (bicyclic) bond motifs is 1.